The fourth-order valence-electron chi connectivity index (χ4n) is 0.314. The molecule has 0 saturated heterocycles. The normalized spacial score (nSPS) is 8.60. The Kier molecular flexibility index (Phi) is 4.92. The van der Waals surface area contributed by atoms with Crippen molar-refractivity contribution >= 4 is 27.9 Å². The highest BCUT2D eigenvalue weighted by atomic mass is 79.9. The summed E-state index contributed by atoms with van der Waals surface area (Å²) in [6, 6.07) is 0. The third-order valence-corrected chi connectivity index (χ3v) is 1.15. The molecule has 0 unspecified atom stereocenters. The first-order chi connectivity index (χ1) is 4.70. The number of alkyl carbamates (subject to hydrolysis) is 1. The van der Waals surface area contributed by atoms with Crippen LogP contribution in [0.2, 0.25) is 0 Å². The van der Waals surface area contributed by atoms with Crippen molar-refractivity contribution in [1.82, 2.24) is 5.32 Å². The van der Waals surface area contributed by atoms with Gasteiger partial charge in [-0.25, -0.2) is 4.79 Å². The van der Waals surface area contributed by atoms with Gasteiger partial charge in [-0.1, -0.05) is 15.9 Å². The average molecular weight is 210 g/mol. The predicted octanol–water partition coefficient (Wildman–Crippen LogP) is 0.654. The molecule has 0 aromatic rings. The van der Waals surface area contributed by atoms with Gasteiger partial charge >= 0.3 is 6.09 Å². The summed E-state index contributed by atoms with van der Waals surface area (Å²) >= 11 is 2.87. The highest BCUT2D eigenvalue weighted by Gasteiger charge is 2.04. The number of hydrogen-bond donors (Lipinski definition) is 1. The Morgan fingerprint density at radius 2 is 2.20 bits per heavy atom. The van der Waals surface area contributed by atoms with Crippen LogP contribution in [0.25, 0.3) is 0 Å². The predicted molar refractivity (Wildman–Crippen MR) is 39.0 cm³/mol. The molecule has 0 radical (unpaired) electrons. The minimum atomic E-state index is -0.702. The van der Waals surface area contributed by atoms with Gasteiger partial charge in [-0.2, -0.15) is 0 Å². The molecule has 0 aliphatic carbocycles. The number of amides is 2. The second kappa shape index (κ2) is 5.22. The van der Waals surface area contributed by atoms with E-state index in [1.54, 1.807) is 6.92 Å². The van der Waals surface area contributed by atoms with E-state index < -0.39 is 12.0 Å². The lowest BCUT2D eigenvalue weighted by Crippen LogP contribution is -2.31. The number of nitrogens with one attached hydrogen (secondary N) is 1. The molecule has 0 atom stereocenters. The van der Waals surface area contributed by atoms with Crippen molar-refractivity contribution < 1.29 is 14.3 Å². The summed E-state index contributed by atoms with van der Waals surface area (Å²) in [5.41, 5.74) is 0. The van der Waals surface area contributed by atoms with Crippen LogP contribution in [0.5, 0.6) is 0 Å². The molecule has 5 heteroatoms. The molecule has 0 aromatic carbocycles. The van der Waals surface area contributed by atoms with E-state index in [0.29, 0.717) is 0 Å². The largest absolute Gasteiger partial charge is 0.450 e. The van der Waals surface area contributed by atoms with Crippen LogP contribution in [0.4, 0.5) is 4.79 Å². The lowest BCUT2D eigenvalue weighted by atomic mass is 10.7. The molecule has 58 valence electrons. The maximum Gasteiger partial charge on any atom is 0.413 e. The van der Waals surface area contributed by atoms with Gasteiger partial charge < -0.3 is 4.74 Å². The van der Waals surface area contributed by atoms with Crippen molar-refractivity contribution in [2.24, 2.45) is 0 Å². The molecule has 0 rings (SSSR count). The molecule has 0 bridgehead atoms. The monoisotopic (exact) mass is 209 g/mol. The Bertz CT molecular complexity index is 137. The highest BCUT2D eigenvalue weighted by molar-refractivity contribution is 9.09. The molecule has 4 nitrogen and oxygen atoms in total. The Morgan fingerprint density at radius 1 is 1.60 bits per heavy atom. The molecule has 0 heterocycles. The smallest absolute Gasteiger partial charge is 0.413 e. The Balaban J connectivity index is 3.47. The van der Waals surface area contributed by atoms with Gasteiger partial charge in [-0.15, -0.1) is 0 Å². The van der Waals surface area contributed by atoms with Crippen molar-refractivity contribution in [3.05, 3.63) is 0 Å². The van der Waals surface area contributed by atoms with E-state index in [-0.39, 0.29) is 11.9 Å². The fraction of sp³-hybridized carbons (Fsp3) is 0.600. The Labute approximate surface area is 67.1 Å². The summed E-state index contributed by atoms with van der Waals surface area (Å²) in [7, 11) is 0. The van der Waals surface area contributed by atoms with Gasteiger partial charge in [0.2, 0.25) is 5.91 Å². The quantitative estimate of drug-likeness (QED) is 0.681. The summed E-state index contributed by atoms with van der Waals surface area (Å²) in [6.45, 7) is 1.93. The van der Waals surface area contributed by atoms with E-state index in [4.69, 9.17) is 0 Å². The van der Waals surface area contributed by atoms with Gasteiger partial charge in [0.15, 0.2) is 0 Å². The molecule has 0 spiro atoms. The van der Waals surface area contributed by atoms with Crippen LogP contribution < -0.4 is 5.32 Å². The van der Waals surface area contributed by atoms with Crippen molar-refractivity contribution in [2.75, 3.05) is 11.9 Å². The van der Waals surface area contributed by atoms with Crippen molar-refractivity contribution in [3.8, 4) is 0 Å². The van der Waals surface area contributed by atoms with E-state index in [1.165, 1.54) is 0 Å². The summed E-state index contributed by atoms with van der Waals surface area (Å²) in [4.78, 5) is 20.9. The van der Waals surface area contributed by atoms with E-state index in [2.05, 4.69) is 20.7 Å². The number of halogens is 1. The zero-order valence-corrected chi connectivity index (χ0v) is 7.10. The van der Waals surface area contributed by atoms with E-state index in [9.17, 15) is 9.59 Å². The lowest BCUT2D eigenvalue weighted by Gasteiger charge is -2.00. The minimum Gasteiger partial charge on any atom is -0.450 e. The third kappa shape index (κ3) is 4.31. The van der Waals surface area contributed by atoms with E-state index in [0.717, 1.165) is 0 Å². The van der Waals surface area contributed by atoms with Gasteiger partial charge in [0.1, 0.15) is 0 Å². The number of alkyl halides is 1. The van der Waals surface area contributed by atoms with Gasteiger partial charge in [0.05, 0.1) is 11.9 Å². The number of ether oxygens (including phenoxy) is 1. The molecule has 1 N–H and O–H groups in total. The van der Waals surface area contributed by atoms with Crippen LogP contribution >= 0.6 is 15.9 Å². The molecule has 0 fully saturated rings. The maximum atomic E-state index is 10.4. The first kappa shape index (κ1) is 9.42. The average Bonchev–Trinajstić information content (AvgIpc) is 1.88. The van der Waals surface area contributed by atoms with Crippen LogP contribution in [0, 0.1) is 0 Å². The highest BCUT2D eigenvalue weighted by Crippen LogP contribution is 1.80. The summed E-state index contributed by atoms with van der Waals surface area (Å²) in [6.07, 6.45) is -0.702. The first-order valence-corrected chi connectivity index (χ1v) is 3.85. The fourth-order valence-corrected chi connectivity index (χ4v) is 0.455. The van der Waals surface area contributed by atoms with Crippen LogP contribution in [0.15, 0.2) is 0 Å². The SMILES string of the molecule is CCOC(=O)NC(=O)CBr. The van der Waals surface area contributed by atoms with Crippen molar-refractivity contribution in [2.45, 2.75) is 6.92 Å². The Morgan fingerprint density at radius 3 is 2.60 bits per heavy atom. The minimum absolute atomic E-state index is 0.103. The van der Waals surface area contributed by atoms with Gasteiger partial charge in [0, 0.05) is 0 Å². The maximum absolute atomic E-state index is 10.4. The summed E-state index contributed by atoms with van der Waals surface area (Å²) in [5, 5.41) is 2.09. The zero-order valence-electron chi connectivity index (χ0n) is 5.52. The Hall–Kier alpha value is -0.580. The van der Waals surface area contributed by atoms with Crippen LogP contribution in [-0.4, -0.2) is 23.9 Å². The topological polar surface area (TPSA) is 55.4 Å². The molecule has 10 heavy (non-hydrogen) atoms. The first-order valence-electron chi connectivity index (χ1n) is 2.73. The van der Waals surface area contributed by atoms with E-state index in [1.807, 2.05) is 5.32 Å². The molecule has 0 aliphatic rings. The van der Waals surface area contributed by atoms with Gasteiger partial charge in [0.25, 0.3) is 0 Å². The second-order valence-electron chi connectivity index (χ2n) is 1.40. The molecular formula is C5H8BrNO3. The van der Waals surface area contributed by atoms with Crippen LogP contribution in [0.1, 0.15) is 6.92 Å². The molecule has 0 saturated carbocycles. The van der Waals surface area contributed by atoms with Crippen LogP contribution in [-0.2, 0) is 9.53 Å². The number of rotatable bonds is 2. The van der Waals surface area contributed by atoms with Crippen molar-refractivity contribution in [3.63, 3.8) is 0 Å². The van der Waals surface area contributed by atoms with Crippen LogP contribution in [0.3, 0.4) is 0 Å². The van der Waals surface area contributed by atoms with Gasteiger partial charge in [-0.05, 0) is 6.92 Å². The second-order valence-corrected chi connectivity index (χ2v) is 1.96. The standard InChI is InChI=1S/C5H8BrNO3/c1-2-10-5(9)7-4(8)3-6/h2-3H2,1H3,(H,7,8,9). The van der Waals surface area contributed by atoms with Gasteiger partial charge in [-0.3, -0.25) is 10.1 Å². The molecule has 0 aromatic heterocycles. The lowest BCUT2D eigenvalue weighted by molar-refractivity contribution is -0.117. The number of carbonyl (C=O) groups excluding carboxylic acids is 2. The number of carbonyl (C=O) groups is 2. The zero-order chi connectivity index (χ0) is 7.98. The summed E-state index contributed by atoms with van der Waals surface area (Å²) in [5.74, 6) is -0.404. The molecule has 0 aliphatic heterocycles. The third-order valence-electron chi connectivity index (χ3n) is 0.638. The van der Waals surface area contributed by atoms with E-state index >= 15 is 0 Å². The number of hydrogen-bond acceptors (Lipinski definition) is 3. The number of imide groups is 1. The summed E-state index contributed by atoms with van der Waals surface area (Å²) < 4.78 is 4.42. The molecular weight excluding hydrogens is 202 g/mol. The molecule has 2 amide bonds. The van der Waals surface area contributed by atoms with Crippen molar-refractivity contribution in [1.29, 1.82) is 0 Å².